The maximum atomic E-state index is 14.2. The molecule has 4 aliphatic heterocycles. The Morgan fingerprint density at radius 2 is 1.38 bits per heavy atom. The second kappa shape index (κ2) is 15.1. The first kappa shape index (κ1) is 39.5. The van der Waals surface area contributed by atoms with Crippen LogP contribution in [0, 0.1) is 13.8 Å². The molecule has 2 N–H and O–H groups in total. The van der Waals surface area contributed by atoms with Crippen LogP contribution in [-0.4, -0.2) is 100 Å². The van der Waals surface area contributed by atoms with Crippen LogP contribution in [0.25, 0.3) is 21.9 Å². The third-order valence-electron chi connectivity index (χ3n) is 13.6. The molecule has 2 fully saturated rings. The van der Waals surface area contributed by atoms with Crippen molar-refractivity contribution in [2.75, 3.05) is 56.9 Å². The number of fused-ring (bicyclic) bond motifs is 4. The minimum absolute atomic E-state index is 0.0273. The van der Waals surface area contributed by atoms with Crippen LogP contribution in [0.4, 0.5) is 46.3 Å². The number of pyridine rings is 1. The van der Waals surface area contributed by atoms with Crippen molar-refractivity contribution in [2.45, 2.75) is 88.6 Å². The van der Waals surface area contributed by atoms with E-state index in [1.807, 2.05) is 42.4 Å². The van der Waals surface area contributed by atoms with Gasteiger partial charge in [-0.25, -0.2) is 9.97 Å². The Morgan fingerprint density at radius 1 is 0.754 bits per heavy atom. The van der Waals surface area contributed by atoms with Gasteiger partial charge in [-0.2, -0.15) is 50.4 Å². The summed E-state index contributed by atoms with van der Waals surface area (Å²) in [4.78, 5) is 60.0. The fourth-order valence-electron chi connectivity index (χ4n) is 9.95. The van der Waals surface area contributed by atoms with Crippen LogP contribution in [-0.2, 0) is 9.59 Å². The SMILES string of the molecule is Cc1cc2nsnc2cc1Nc1ncc2c(n1)N(C1CC[Si-](C)(CCN3C(=O)CN(C4CC[Si-](C)(C)C4)c4nc(Nc5cc6cccnc6cc5C)ncc43)C1)CC(=O)N2C. The average Bonchev–Trinajstić information content (AvgIpc) is 3.96. The van der Waals surface area contributed by atoms with Crippen molar-refractivity contribution in [3.05, 3.63) is 66.1 Å². The quantitative estimate of drug-likeness (QED) is 0.135. The summed E-state index contributed by atoms with van der Waals surface area (Å²) in [6, 6.07) is 18.1. The second-order valence-corrected chi connectivity index (χ2v) is 29.4. The van der Waals surface area contributed by atoms with Gasteiger partial charge in [0, 0.05) is 42.1 Å². The molecule has 4 aliphatic rings. The first-order valence-corrected chi connectivity index (χ1v) is 28.5. The van der Waals surface area contributed by atoms with Gasteiger partial charge in [-0.1, -0.05) is 18.9 Å². The lowest BCUT2D eigenvalue weighted by Gasteiger charge is -2.43. The van der Waals surface area contributed by atoms with Crippen molar-refractivity contribution in [1.82, 2.24) is 33.7 Å². The Morgan fingerprint density at radius 3 is 2.10 bits per heavy atom. The molecular formula is C43H51N13O2SSi2-2. The van der Waals surface area contributed by atoms with E-state index in [9.17, 15) is 9.59 Å². The molecule has 6 aromatic rings. The van der Waals surface area contributed by atoms with Gasteiger partial charge < -0.3 is 30.2 Å². The normalized spacial score (nSPS) is 22.3. The zero-order chi connectivity index (χ0) is 42.2. The number of nitrogens with one attached hydrogen (secondary N) is 2. The lowest BCUT2D eigenvalue weighted by atomic mass is 10.1. The smallest absolute Gasteiger partial charge is 0.246 e. The zero-order valence-electron chi connectivity index (χ0n) is 35.6. The number of hydrogen-bond donors (Lipinski definition) is 2. The van der Waals surface area contributed by atoms with Gasteiger partial charge >= 0.3 is 0 Å². The predicted molar refractivity (Wildman–Crippen MR) is 250 cm³/mol. The molecule has 0 spiro atoms. The Labute approximate surface area is 361 Å². The van der Waals surface area contributed by atoms with E-state index in [0.717, 1.165) is 98.8 Å². The van der Waals surface area contributed by atoms with Crippen LogP contribution in [0.15, 0.2) is 55.0 Å². The minimum Gasteiger partial charge on any atom is -0.345 e. The van der Waals surface area contributed by atoms with Gasteiger partial charge in [0.25, 0.3) is 0 Å². The molecule has 10 rings (SSSR count). The van der Waals surface area contributed by atoms with E-state index < -0.39 is 16.1 Å². The van der Waals surface area contributed by atoms with Crippen molar-refractivity contribution in [3.8, 4) is 0 Å². The summed E-state index contributed by atoms with van der Waals surface area (Å²) in [5, 5.41) is 7.97. The molecule has 18 heteroatoms. The van der Waals surface area contributed by atoms with Crippen LogP contribution >= 0.6 is 11.7 Å². The first-order valence-electron chi connectivity index (χ1n) is 21.3. The lowest BCUT2D eigenvalue weighted by Crippen LogP contribution is -2.51. The third-order valence-corrected chi connectivity index (χ3v) is 21.8. The predicted octanol–water partition coefficient (Wildman–Crippen LogP) is 7.89. The largest absolute Gasteiger partial charge is 0.345 e. The highest BCUT2D eigenvalue weighted by Gasteiger charge is 2.40. The molecule has 0 aliphatic carbocycles. The standard InChI is InChI=1S/C43H51N13O2SSi2/c1-26-16-33-28(8-7-11-44-33)18-31(26)47-43-46-21-37-41(50-43)56(29-9-13-60(4,5)24-29)23-39(58)54(37)12-15-61(6)14-10-30(25-61)55-22-38(57)53(3)36-20-45-42(49-40(36)55)48-32-19-35-34(17-27(32)2)51-59-52-35/h7-8,11,16-21,29-30H,9-10,12-15,22-25H2,1-6H3,(H,45,48,49)(H,46,47,50)/q-2. The minimum atomic E-state index is -1.88. The number of aromatic nitrogens is 7. The Hall–Kier alpha value is -5.60. The molecule has 316 valence electrons. The van der Waals surface area contributed by atoms with E-state index in [1.165, 1.54) is 17.8 Å². The van der Waals surface area contributed by atoms with Crippen LogP contribution in [0.1, 0.15) is 24.0 Å². The van der Waals surface area contributed by atoms with Crippen LogP contribution in [0.5, 0.6) is 0 Å². The van der Waals surface area contributed by atoms with Gasteiger partial charge in [-0.3, -0.25) is 14.6 Å². The average molecular weight is 870 g/mol. The lowest BCUT2D eigenvalue weighted by molar-refractivity contribution is -0.118. The highest BCUT2D eigenvalue weighted by Crippen LogP contribution is 2.44. The number of anilines is 8. The molecule has 4 aromatic heterocycles. The van der Waals surface area contributed by atoms with Gasteiger partial charge in [0.2, 0.25) is 23.7 Å². The molecule has 0 radical (unpaired) electrons. The van der Waals surface area contributed by atoms with E-state index >= 15 is 0 Å². The number of aryl methyl sites for hydroxylation is 2. The van der Waals surface area contributed by atoms with Gasteiger partial charge in [-0.05, 0) is 61.9 Å². The molecule has 8 heterocycles. The highest BCUT2D eigenvalue weighted by atomic mass is 32.1. The topological polar surface area (TPSA) is 161 Å². The van der Waals surface area contributed by atoms with Crippen LogP contribution < -0.4 is 30.2 Å². The van der Waals surface area contributed by atoms with Crippen molar-refractivity contribution < 1.29 is 9.59 Å². The Bertz CT molecular complexity index is 2730. The van der Waals surface area contributed by atoms with E-state index in [-0.39, 0.29) is 24.4 Å². The summed E-state index contributed by atoms with van der Waals surface area (Å²) in [5.74, 6) is 2.76. The first-order chi connectivity index (χ1) is 29.3. The van der Waals surface area contributed by atoms with Gasteiger partial charge in [-0.15, -0.1) is 34.3 Å². The summed E-state index contributed by atoms with van der Waals surface area (Å²) >= 11 is 1.19. The molecule has 2 aromatic carbocycles. The summed E-state index contributed by atoms with van der Waals surface area (Å²) in [5.41, 5.74) is 8.04. The summed E-state index contributed by atoms with van der Waals surface area (Å²) in [7, 11) is -1.43. The number of likely N-dealkylation sites (N-methyl/N-ethyl adjacent to an activating group) is 1. The van der Waals surface area contributed by atoms with Gasteiger partial charge in [0.1, 0.15) is 22.4 Å². The number of carbonyl (C=O) groups excluding carboxylic acids is 2. The summed E-state index contributed by atoms with van der Waals surface area (Å²) < 4.78 is 8.78. The number of rotatable bonds is 9. The molecule has 61 heavy (non-hydrogen) atoms. The van der Waals surface area contributed by atoms with E-state index in [1.54, 1.807) is 18.1 Å². The summed E-state index contributed by atoms with van der Waals surface area (Å²) in [6.45, 7) is 12.7. The molecular weight excluding hydrogens is 819 g/mol. The molecule has 15 nitrogen and oxygen atoms in total. The fraction of sp³-hybridized carbons (Fsp3) is 0.419. The van der Waals surface area contributed by atoms with Gasteiger partial charge in [0.15, 0.2) is 11.6 Å². The summed E-state index contributed by atoms with van der Waals surface area (Å²) in [6.07, 6.45) is 7.48. The maximum absolute atomic E-state index is 14.2. The van der Waals surface area contributed by atoms with Crippen molar-refractivity contribution >= 4 is 108 Å². The van der Waals surface area contributed by atoms with Crippen molar-refractivity contribution in [1.29, 1.82) is 0 Å². The number of nitrogens with zero attached hydrogens (tertiary/aromatic N) is 11. The number of amides is 2. The molecule has 2 saturated heterocycles. The Balaban J connectivity index is 0.888. The molecule has 0 saturated carbocycles. The molecule has 0 bridgehead atoms. The number of benzene rings is 2. The van der Waals surface area contributed by atoms with E-state index in [4.69, 9.17) is 15.0 Å². The Kier molecular flexibility index (Phi) is 9.78. The van der Waals surface area contributed by atoms with Crippen LogP contribution in [0.2, 0.25) is 49.9 Å². The third kappa shape index (κ3) is 7.47. The molecule has 3 unspecified atom stereocenters. The number of carbonyl (C=O) groups is 2. The number of hydrogen-bond acceptors (Lipinski definition) is 14. The maximum Gasteiger partial charge on any atom is 0.246 e. The van der Waals surface area contributed by atoms with Crippen molar-refractivity contribution in [3.63, 3.8) is 0 Å². The monoisotopic (exact) mass is 869 g/mol. The van der Waals surface area contributed by atoms with E-state index in [0.29, 0.717) is 36.7 Å². The zero-order valence-corrected chi connectivity index (χ0v) is 38.4. The fourth-order valence-corrected chi connectivity index (χ4v) is 17.5. The molecule has 3 atom stereocenters. The van der Waals surface area contributed by atoms with Gasteiger partial charge in [0.05, 0.1) is 42.7 Å². The second-order valence-electron chi connectivity index (χ2n) is 18.6. The van der Waals surface area contributed by atoms with Crippen molar-refractivity contribution in [2.24, 2.45) is 0 Å². The van der Waals surface area contributed by atoms with E-state index in [2.05, 4.69) is 83.9 Å². The highest BCUT2D eigenvalue weighted by molar-refractivity contribution is 7.00. The van der Waals surface area contributed by atoms with Crippen LogP contribution in [0.3, 0.4) is 0 Å². The molecule has 2 amide bonds.